The van der Waals surface area contributed by atoms with Crippen molar-refractivity contribution in [1.29, 1.82) is 5.26 Å². The average molecular weight is 458 g/mol. The van der Waals surface area contributed by atoms with Crippen LogP contribution >= 0.6 is 35.7 Å². The molecule has 1 atom stereocenters. The Balaban J connectivity index is 0.00000288. The largest absolute Gasteiger partial charge is 0.357 e. The Morgan fingerprint density at radius 3 is 2.71 bits per heavy atom. The van der Waals surface area contributed by atoms with Gasteiger partial charge in [-0.1, -0.05) is 26.0 Å². The molecule has 0 aromatic heterocycles. The Hall–Kier alpha value is -0.940. The number of nitrogens with zero attached hydrogens (tertiary/aromatic N) is 3. The first kappa shape index (κ1) is 21.1. The van der Waals surface area contributed by atoms with E-state index >= 15 is 0 Å². The van der Waals surface area contributed by atoms with E-state index in [0.29, 0.717) is 23.3 Å². The SMILES string of the molecule is CCNC(=NCc1ccc(C#N)cc1)N1CCSC(C(C)C)C1.I. The van der Waals surface area contributed by atoms with E-state index in [9.17, 15) is 0 Å². The summed E-state index contributed by atoms with van der Waals surface area (Å²) >= 11 is 2.07. The molecule has 0 saturated carbocycles. The number of nitrogens with one attached hydrogen (secondary N) is 1. The molecule has 1 aromatic rings. The van der Waals surface area contributed by atoms with Crippen molar-refractivity contribution in [3.63, 3.8) is 0 Å². The lowest BCUT2D eigenvalue weighted by atomic mass is 10.1. The second kappa shape index (κ2) is 10.8. The van der Waals surface area contributed by atoms with Crippen molar-refractivity contribution in [2.45, 2.75) is 32.6 Å². The predicted octanol–water partition coefficient (Wildman–Crippen LogP) is 3.72. The number of hydrogen-bond acceptors (Lipinski definition) is 3. The van der Waals surface area contributed by atoms with Crippen LogP contribution < -0.4 is 5.32 Å². The molecule has 132 valence electrons. The zero-order chi connectivity index (χ0) is 16.7. The highest BCUT2D eigenvalue weighted by Gasteiger charge is 2.24. The molecule has 1 heterocycles. The van der Waals surface area contributed by atoms with Crippen molar-refractivity contribution in [3.8, 4) is 6.07 Å². The third kappa shape index (κ3) is 6.17. The molecule has 1 N–H and O–H groups in total. The van der Waals surface area contributed by atoms with Gasteiger partial charge in [0, 0.05) is 30.6 Å². The average Bonchev–Trinajstić information content (AvgIpc) is 2.59. The molecule has 1 fully saturated rings. The summed E-state index contributed by atoms with van der Waals surface area (Å²) in [7, 11) is 0. The highest BCUT2D eigenvalue weighted by molar-refractivity contribution is 14.0. The number of thioether (sulfide) groups is 1. The minimum absolute atomic E-state index is 0. The summed E-state index contributed by atoms with van der Waals surface area (Å²) in [5, 5.41) is 12.9. The van der Waals surface area contributed by atoms with Crippen molar-refractivity contribution in [2.75, 3.05) is 25.4 Å². The summed E-state index contributed by atoms with van der Waals surface area (Å²) in [5.74, 6) is 2.84. The van der Waals surface area contributed by atoms with Gasteiger partial charge in [0.25, 0.3) is 0 Å². The first-order valence-corrected chi connectivity index (χ1v) is 9.32. The third-order valence-electron chi connectivity index (χ3n) is 3.97. The number of nitriles is 1. The van der Waals surface area contributed by atoms with E-state index < -0.39 is 0 Å². The van der Waals surface area contributed by atoms with E-state index in [2.05, 4.69) is 48.8 Å². The Morgan fingerprint density at radius 1 is 1.42 bits per heavy atom. The number of hydrogen-bond donors (Lipinski definition) is 1. The number of guanidine groups is 1. The topological polar surface area (TPSA) is 51.4 Å². The van der Waals surface area contributed by atoms with Gasteiger partial charge in [-0.05, 0) is 30.5 Å². The fraction of sp³-hybridized carbons (Fsp3) is 0.556. The summed E-state index contributed by atoms with van der Waals surface area (Å²) in [6.45, 7) is 10.3. The molecular formula is C18H27IN4S. The van der Waals surface area contributed by atoms with Crippen LogP contribution in [0.25, 0.3) is 0 Å². The third-order valence-corrected chi connectivity index (χ3v) is 5.51. The summed E-state index contributed by atoms with van der Waals surface area (Å²) in [5.41, 5.74) is 1.82. The van der Waals surface area contributed by atoms with E-state index in [1.807, 2.05) is 24.3 Å². The second-order valence-electron chi connectivity index (χ2n) is 6.08. The predicted molar refractivity (Wildman–Crippen MR) is 114 cm³/mol. The van der Waals surface area contributed by atoms with Gasteiger partial charge < -0.3 is 10.2 Å². The maximum absolute atomic E-state index is 8.86. The molecule has 0 aliphatic carbocycles. The van der Waals surface area contributed by atoms with E-state index in [-0.39, 0.29) is 24.0 Å². The number of aliphatic imine (C=N–C) groups is 1. The van der Waals surface area contributed by atoms with Crippen LogP contribution in [0.1, 0.15) is 31.9 Å². The summed E-state index contributed by atoms with van der Waals surface area (Å²) in [6, 6.07) is 9.81. The minimum atomic E-state index is 0. The van der Waals surface area contributed by atoms with Crippen LogP contribution in [0.15, 0.2) is 29.3 Å². The van der Waals surface area contributed by atoms with Gasteiger partial charge in [-0.15, -0.1) is 24.0 Å². The number of rotatable bonds is 4. The molecule has 1 aliphatic heterocycles. The van der Waals surface area contributed by atoms with Crippen molar-refractivity contribution >= 4 is 41.7 Å². The molecule has 1 saturated heterocycles. The maximum atomic E-state index is 8.86. The lowest BCUT2D eigenvalue weighted by molar-refractivity contribution is 0.381. The maximum Gasteiger partial charge on any atom is 0.194 e. The molecule has 0 amide bonds. The van der Waals surface area contributed by atoms with Crippen LogP contribution in [0.2, 0.25) is 0 Å². The van der Waals surface area contributed by atoms with Gasteiger partial charge in [0.05, 0.1) is 18.2 Å². The lowest BCUT2D eigenvalue weighted by Gasteiger charge is -2.36. The standard InChI is InChI=1S/C18H26N4S.HI/c1-4-20-18(22-9-10-23-17(13-22)14(2)3)21-12-16-7-5-15(11-19)6-8-16;/h5-8,14,17H,4,9-10,12-13H2,1-3H3,(H,20,21);1H. The van der Waals surface area contributed by atoms with Gasteiger partial charge in [0.1, 0.15) is 0 Å². The molecule has 1 unspecified atom stereocenters. The van der Waals surface area contributed by atoms with Crippen LogP contribution in [0.5, 0.6) is 0 Å². The molecule has 0 bridgehead atoms. The Bertz CT molecular complexity index is 565. The second-order valence-corrected chi connectivity index (χ2v) is 7.43. The normalized spacial score (nSPS) is 18.0. The highest BCUT2D eigenvalue weighted by Crippen LogP contribution is 2.24. The van der Waals surface area contributed by atoms with Gasteiger partial charge in [-0.25, -0.2) is 4.99 Å². The molecule has 2 rings (SSSR count). The summed E-state index contributed by atoms with van der Waals surface area (Å²) in [4.78, 5) is 7.18. The molecule has 24 heavy (non-hydrogen) atoms. The van der Waals surface area contributed by atoms with Crippen molar-refractivity contribution in [3.05, 3.63) is 35.4 Å². The lowest BCUT2D eigenvalue weighted by Crippen LogP contribution is -2.49. The first-order chi connectivity index (χ1) is 11.1. The number of halogens is 1. The van der Waals surface area contributed by atoms with E-state index in [1.54, 1.807) is 0 Å². The smallest absolute Gasteiger partial charge is 0.194 e. The van der Waals surface area contributed by atoms with Gasteiger partial charge in [-0.3, -0.25) is 0 Å². The Labute approximate surface area is 167 Å². The van der Waals surface area contributed by atoms with E-state index in [4.69, 9.17) is 10.3 Å². The molecule has 6 heteroatoms. The Kier molecular flexibility index (Phi) is 9.52. The number of benzene rings is 1. The van der Waals surface area contributed by atoms with Crippen LogP contribution in [0, 0.1) is 17.2 Å². The van der Waals surface area contributed by atoms with Gasteiger partial charge in [0.15, 0.2) is 5.96 Å². The fourth-order valence-corrected chi connectivity index (χ4v) is 3.85. The van der Waals surface area contributed by atoms with Crippen LogP contribution in [-0.2, 0) is 6.54 Å². The minimum Gasteiger partial charge on any atom is -0.357 e. The van der Waals surface area contributed by atoms with Gasteiger partial charge >= 0.3 is 0 Å². The molecule has 0 spiro atoms. The fourth-order valence-electron chi connectivity index (χ4n) is 2.55. The van der Waals surface area contributed by atoms with Crippen LogP contribution in [0.3, 0.4) is 0 Å². The molecule has 0 radical (unpaired) electrons. The highest BCUT2D eigenvalue weighted by atomic mass is 127. The quantitative estimate of drug-likeness (QED) is 0.425. The van der Waals surface area contributed by atoms with Crippen LogP contribution in [0.4, 0.5) is 0 Å². The van der Waals surface area contributed by atoms with E-state index in [0.717, 1.165) is 36.9 Å². The molecule has 4 nitrogen and oxygen atoms in total. The van der Waals surface area contributed by atoms with E-state index in [1.165, 1.54) is 0 Å². The molecule has 1 aromatic carbocycles. The van der Waals surface area contributed by atoms with Crippen molar-refractivity contribution < 1.29 is 0 Å². The summed E-state index contributed by atoms with van der Waals surface area (Å²) < 4.78 is 0. The zero-order valence-corrected chi connectivity index (χ0v) is 17.8. The monoisotopic (exact) mass is 458 g/mol. The van der Waals surface area contributed by atoms with Gasteiger partial charge in [0.2, 0.25) is 0 Å². The van der Waals surface area contributed by atoms with Gasteiger partial charge in [-0.2, -0.15) is 17.0 Å². The molecular weight excluding hydrogens is 431 g/mol. The van der Waals surface area contributed by atoms with Crippen LogP contribution in [-0.4, -0.2) is 41.5 Å². The van der Waals surface area contributed by atoms with Crippen molar-refractivity contribution in [1.82, 2.24) is 10.2 Å². The first-order valence-electron chi connectivity index (χ1n) is 8.28. The zero-order valence-electron chi connectivity index (χ0n) is 14.7. The molecule has 1 aliphatic rings. The summed E-state index contributed by atoms with van der Waals surface area (Å²) in [6.07, 6.45) is 0. The Morgan fingerprint density at radius 2 is 2.12 bits per heavy atom. The van der Waals surface area contributed by atoms with Crippen molar-refractivity contribution in [2.24, 2.45) is 10.9 Å².